The molecule has 1 N–H and O–H groups in total. The van der Waals surface area contributed by atoms with E-state index < -0.39 is 0 Å². The summed E-state index contributed by atoms with van der Waals surface area (Å²) in [5, 5.41) is 4.26. The minimum Gasteiger partial charge on any atom is -0.380 e. The van der Waals surface area contributed by atoms with Crippen LogP contribution in [0.2, 0.25) is 0 Å². The molecule has 0 radical (unpaired) electrons. The Morgan fingerprint density at radius 1 is 1.16 bits per heavy atom. The van der Waals surface area contributed by atoms with E-state index in [0.29, 0.717) is 6.61 Å². The summed E-state index contributed by atoms with van der Waals surface area (Å²) in [6.45, 7) is 0.620. The third-order valence-electron chi connectivity index (χ3n) is 2.78. The van der Waals surface area contributed by atoms with Gasteiger partial charge in [-0.25, -0.2) is 4.98 Å². The summed E-state index contributed by atoms with van der Waals surface area (Å²) in [5.74, 6) is 0. The maximum Gasteiger partial charge on any atom is 0.188 e. The molecule has 1 heterocycles. The zero-order chi connectivity index (χ0) is 13.1. The van der Waals surface area contributed by atoms with Crippen molar-refractivity contribution in [2.45, 2.75) is 6.61 Å². The van der Waals surface area contributed by atoms with Crippen LogP contribution in [0.3, 0.4) is 0 Å². The highest BCUT2D eigenvalue weighted by molar-refractivity contribution is 7.22. The number of aromatic nitrogens is 1. The smallest absolute Gasteiger partial charge is 0.188 e. The molecule has 0 aliphatic rings. The second-order valence-corrected chi connectivity index (χ2v) is 5.28. The normalized spacial score (nSPS) is 10.8. The Morgan fingerprint density at radius 2 is 2.05 bits per heavy atom. The molecule has 0 spiro atoms. The van der Waals surface area contributed by atoms with Gasteiger partial charge in [-0.2, -0.15) is 0 Å². The van der Waals surface area contributed by atoms with E-state index in [2.05, 4.69) is 22.4 Å². The van der Waals surface area contributed by atoms with E-state index in [0.717, 1.165) is 21.9 Å². The van der Waals surface area contributed by atoms with E-state index >= 15 is 0 Å². The van der Waals surface area contributed by atoms with Crippen molar-refractivity contribution >= 4 is 32.4 Å². The van der Waals surface area contributed by atoms with Gasteiger partial charge < -0.3 is 10.1 Å². The first-order valence-electron chi connectivity index (χ1n) is 6.05. The summed E-state index contributed by atoms with van der Waals surface area (Å²) in [6.07, 6.45) is 0. The van der Waals surface area contributed by atoms with Crippen molar-refractivity contribution in [3.05, 3.63) is 54.1 Å². The Labute approximate surface area is 115 Å². The van der Waals surface area contributed by atoms with Gasteiger partial charge in [-0.3, -0.25) is 0 Å². The lowest BCUT2D eigenvalue weighted by atomic mass is 10.2. The lowest BCUT2D eigenvalue weighted by Crippen LogP contribution is -1.92. The molecule has 0 saturated carbocycles. The van der Waals surface area contributed by atoms with E-state index in [1.54, 1.807) is 18.4 Å². The molecule has 0 unspecified atom stereocenters. The van der Waals surface area contributed by atoms with Crippen molar-refractivity contribution < 1.29 is 4.74 Å². The molecule has 0 fully saturated rings. The van der Waals surface area contributed by atoms with Gasteiger partial charge in [-0.05, 0) is 29.8 Å². The molecule has 96 valence electrons. The predicted octanol–water partition coefficient (Wildman–Crippen LogP) is 4.19. The number of hydrogen-bond acceptors (Lipinski definition) is 4. The van der Waals surface area contributed by atoms with Gasteiger partial charge in [0.05, 0.1) is 16.8 Å². The number of thiazole rings is 1. The minimum absolute atomic E-state index is 0.620. The topological polar surface area (TPSA) is 34.1 Å². The van der Waals surface area contributed by atoms with Crippen molar-refractivity contribution in [3.63, 3.8) is 0 Å². The zero-order valence-corrected chi connectivity index (χ0v) is 11.4. The number of nitrogens with one attached hydrogen (secondary N) is 1. The van der Waals surface area contributed by atoms with Gasteiger partial charge in [0.2, 0.25) is 0 Å². The summed E-state index contributed by atoms with van der Waals surface area (Å²) in [7, 11) is 1.70. The summed E-state index contributed by atoms with van der Waals surface area (Å²) < 4.78 is 6.33. The van der Waals surface area contributed by atoms with Crippen molar-refractivity contribution in [1.82, 2.24) is 4.98 Å². The lowest BCUT2D eigenvalue weighted by molar-refractivity contribution is 0.185. The number of para-hydroxylation sites is 1. The fourth-order valence-corrected chi connectivity index (χ4v) is 2.84. The van der Waals surface area contributed by atoms with Crippen LogP contribution in [-0.4, -0.2) is 12.1 Å². The SMILES string of the molecule is COCc1cccc(Nc2nc3ccccc3s2)c1. The highest BCUT2D eigenvalue weighted by Gasteiger charge is 2.03. The molecule has 0 aliphatic carbocycles. The average Bonchev–Trinajstić information content (AvgIpc) is 2.81. The van der Waals surface area contributed by atoms with Gasteiger partial charge in [0.1, 0.15) is 0 Å². The molecular weight excluding hydrogens is 256 g/mol. The molecule has 3 aromatic rings. The molecule has 4 heteroatoms. The van der Waals surface area contributed by atoms with Crippen molar-refractivity contribution in [2.24, 2.45) is 0 Å². The average molecular weight is 270 g/mol. The number of methoxy groups -OCH3 is 1. The molecule has 0 amide bonds. The second-order valence-electron chi connectivity index (χ2n) is 4.25. The molecule has 0 atom stereocenters. The van der Waals surface area contributed by atoms with E-state index in [1.807, 2.05) is 36.4 Å². The standard InChI is InChI=1S/C15H14N2OS/c1-18-10-11-5-4-6-12(9-11)16-15-17-13-7-2-3-8-14(13)19-15/h2-9H,10H2,1H3,(H,16,17). The number of nitrogens with zero attached hydrogens (tertiary/aromatic N) is 1. The maximum atomic E-state index is 5.14. The highest BCUT2D eigenvalue weighted by Crippen LogP contribution is 2.28. The van der Waals surface area contributed by atoms with Gasteiger partial charge in [-0.15, -0.1) is 0 Å². The predicted molar refractivity (Wildman–Crippen MR) is 80.1 cm³/mol. The van der Waals surface area contributed by atoms with E-state index in [-0.39, 0.29) is 0 Å². The van der Waals surface area contributed by atoms with Crippen molar-refractivity contribution in [1.29, 1.82) is 0 Å². The van der Waals surface area contributed by atoms with Crippen LogP contribution < -0.4 is 5.32 Å². The first-order valence-corrected chi connectivity index (χ1v) is 6.87. The van der Waals surface area contributed by atoms with Crippen LogP contribution in [0.25, 0.3) is 10.2 Å². The van der Waals surface area contributed by atoms with E-state index in [9.17, 15) is 0 Å². The van der Waals surface area contributed by atoms with Crippen LogP contribution in [0, 0.1) is 0 Å². The Bertz CT molecular complexity index is 660. The Morgan fingerprint density at radius 3 is 2.89 bits per heavy atom. The molecule has 1 aromatic heterocycles. The van der Waals surface area contributed by atoms with Gasteiger partial charge >= 0.3 is 0 Å². The Hall–Kier alpha value is -1.91. The first kappa shape index (κ1) is 12.1. The number of anilines is 2. The van der Waals surface area contributed by atoms with Crippen molar-refractivity contribution in [3.8, 4) is 0 Å². The quantitative estimate of drug-likeness (QED) is 0.772. The molecule has 3 nitrogen and oxygen atoms in total. The molecule has 0 saturated heterocycles. The zero-order valence-electron chi connectivity index (χ0n) is 10.6. The monoisotopic (exact) mass is 270 g/mol. The molecular formula is C15H14N2OS. The maximum absolute atomic E-state index is 5.14. The number of benzene rings is 2. The van der Waals surface area contributed by atoms with Crippen LogP contribution >= 0.6 is 11.3 Å². The van der Waals surface area contributed by atoms with Gasteiger partial charge in [0.25, 0.3) is 0 Å². The molecule has 0 aliphatic heterocycles. The Balaban J connectivity index is 1.85. The molecule has 0 bridgehead atoms. The van der Waals surface area contributed by atoms with Crippen LogP contribution in [0.15, 0.2) is 48.5 Å². The van der Waals surface area contributed by atoms with Crippen molar-refractivity contribution in [2.75, 3.05) is 12.4 Å². The number of fused-ring (bicyclic) bond motifs is 1. The first-order chi connectivity index (χ1) is 9.35. The second kappa shape index (κ2) is 5.38. The summed E-state index contributed by atoms with van der Waals surface area (Å²) in [5.41, 5.74) is 3.21. The third-order valence-corrected chi connectivity index (χ3v) is 3.73. The molecule has 2 aromatic carbocycles. The van der Waals surface area contributed by atoms with Crippen LogP contribution in [-0.2, 0) is 11.3 Å². The van der Waals surface area contributed by atoms with Crippen LogP contribution in [0.1, 0.15) is 5.56 Å². The largest absolute Gasteiger partial charge is 0.380 e. The fourth-order valence-electron chi connectivity index (χ4n) is 1.95. The highest BCUT2D eigenvalue weighted by atomic mass is 32.1. The van der Waals surface area contributed by atoms with E-state index in [4.69, 9.17) is 4.74 Å². The van der Waals surface area contributed by atoms with Crippen LogP contribution in [0.4, 0.5) is 10.8 Å². The molecule has 19 heavy (non-hydrogen) atoms. The summed E-state index contributed by atoms with van der Waals surface area (Å²) in [4.78, 5) is 4.56. The van der Waals surface area contributed by atoms with Crippen LogP contribution in [0.5, 0.6) is 0 Å². The third kappa shape index (κ3) is 2.75. The number of rotatable bonds is 4. The minimum atomic E-state index is 0.620. The summed E-state index contributed by atoms with van der Waals surface area (Å²) >= 11 is 1.66. The Kier molecular flexibility index (Phi) is 3.44. The lowest BCUT2D eigenvalue weighted by Gasteiger charge is -2.05. The number of hydrogen-bond donors (Lipinski definition) is 1. The van der Waals surface area contributed by atoms with Gasteiger partial charge in [0.15, 0.2) is 5.13 Å². The fraction of sp³-hybridized carbons (Fsp3) is 0.133. The number of ether oxygens (including phenoxy) is 1. The van der Waals surface area contributed by atoms with Gasteiger partial charge in [-0.1, -0.05) is 35.6 Å². The van der Waals surface area contributed by atoms with E-state index in [1.165, 1.54) is 4.70 Å². The summed E-state index contributed by atoms with van der Waals surface area (Å²) in [6, 6.07) is 16.3. The molecule has 3 rings (SSSR count). The van der Waals surface area contributed by atoms with Gasteiger partial charge in [0, 0.05) is 12.8 Å².